The van der Waals surface area contributed by atoms with Gasteiger partial charge in [-0.3, -0.25) is 0 Å². The SMILES string of the molecule is Cc1cc2c(cc1C)C(NCC(C)C)CCO2. The van der Waals surface area contributed by atoms with Crippen LogP contribution in [0.4, 0.5) is 0 Å². The third-order valence-corrected chi connectivity index (χ3v) is 3.44. The second-order valence-electron chi connectivity index (χ2n) is 5.47. The van der Waals surface area contributed by atoms with Crippen molar-refractivity contribution in [1.29, 1.82) is 0 Å². The Labute approximate surface area is 104 Å². The highest BCUT2D eigenvalue weighted by atomic mass is 16.5. The first-order chi connectivity index (χ1) is 8.08. The lowest BCUT2D eigenvalue weighted by molar-refractivity contribution is 0.249. The molecule has 2 heteroatoms. The summed E-state index contributed by atoms with van der Waals surface area (Å²) in [7, 11) is 0. The minimum absolute atomic E-state index is 0.459. The summed E-state index contributed by atoms with van der Waals surface area (Å²) in [5.41, 5.74) is 4.00. The van der Waals surface area contributed by atoms with Crippen LogP contribution in [0, 0.1) is 19.8 Å². The molecule has 94 valence electrons. The summed E-state index contributed by atoms with van der Waals surface area (Å²) in [5.74, 6) is 1.76. The van der Waals surface area contributed by atoms with Crippen LogP contribution in [0.15, 0.2) is 12.1 Å². The zero-order chi connectivity index (χ0) is 12.4. The number of ether oxygens (including phenoxy) is 1. The van der Waals surface area contributed by atoms with Crippen LogP contribution < -0.4 is 10.1 Å². The molecule has 1 aromatic carbocycles. The van der Waals surface area contributed by atoms with Gasteiger partial charge in [0.2, 0.25) is 0 Å². The van der Waals surface area contributed by atoms with Crippen LogP contribution in [0.5, 0.6) is 5.75 Å². The van der Waals surface area contributed by atoms with Crippen LogP contribution in [0.2, 0.25) is 0 Å². The van der Waals surface area contributed by atoms with E-state index in [1.165, 1.54) is 16.7 Å². The highest BCUT2D eigenvalue weighted by Gasteiger charge is 2.21. The largest absolute Gasteiger partial charge is 0.493 e. The molecule has 0 amide bonds. The van der Waals surface area contributed by atoms with E-state index in [9.17, 15) is 0 Å². The van der Waals surface area contributed by atoms with Crippen molar-refractivity contribution < 1.29 is 4.74 Å². The van der Waals surface area contributed by atoms with Gasteiger partial charge in [-0.15, -0.1) is 0 Å². The number of aryl methyl sites for hydroxylation is 2. The quantitative estimate of drug-likeness (QED) is 0.864. The van der Waals surface area contributed by atoms with Gasteiger partial charge in [0.25, 0.3) is 0 Å². The predicted molar refractivity (Wildman–Crippen MR) is 71.6 cm³/mol. The van der Waals surface area contributed by atoms with Gasteiger partial charge >= 0.3 is 0 Å². The van der Waals surface area contributed by atoms with E-state index >= 15 is 0 Å². The molecular formula is C15H23NO. The Kier molecular flexibility index (Phi) is 3.72. The zero-order valence-corrected chi connectivity index (χ0v) is 11.3. The lowest BCUT2D eigenvalue weighted by Gasteiger charge is -2.28. The van der Waals surface area contributed by atoms with Gasteiger partial charge < -0.3 is 10.1 Å². The van der Waals surface area contributed by atoms with E-state index in [1.54, 1.807) is 0 Å². The van der Waals surface area contributed by atoms with Crippen molar-refractivity contribution in [3.8, 4) is 5.75 Å². The fraction of sp³-hybridized carbons (Fsp3) is 0.600. The Morgan fingerprint density at radius 3 is 2.71 bits per heavy atom. The van der Waals surface area contributed by atoms with Crippen molar-refractivity contribution in [3.63, 3.8) is 0 Å². The van der Waals surface area contributed by atoms with Crippen molar-refractivity contribution in [2.45, 2.75) is 40.2 Å². The van der Waals surface area contributed by atoms with Crippen LogP contribution in [0.25, 0.3) is 0 Å². The van der Waals surface area contributed by atoms with Gasteiger partial charge in [0, 0.05) is 18.0 Å². The molecule has 0 fully saturated rings. The van der Waals surface area contributed by atoms with Crippen molar-refractivity contribution in [3.05, 3.63) is 28.8 Å². The lowest BCUT2D eigenvalue weighted by atomic mass is 9.96. The van der Waals surface area contributed by atoms with E-state index in [0.29, 0.717) is 12.0 Å². The normalized spacial score (nSPS) is 19.0. The van der Waals surface area contributed by atoms with Crippen LogP contribution in [0.1, 0.15) is 43.0 Å². The Morgan fingerprint density at radius 1 is 1.29 bits per heavy atom. The smallest absolute Gasteiger partial charge is 0.124 e. The first-order valence-electron chi connectivity index (χ1n) is 6.55. The highest BCUT2D eigenvalue weighted by Crippen LogP contribution is 2.34. The van der Waals surface area contributed by atoms with Gasteiger partial charge in [-0.2, -0.15) is 0 Å². The molecule has 2 nitrogen and oxygen atoms in total. The van der Waals surface area contributed by atoms with Crippen molar-refractivity contribution >= 4 is 0 Å². The van der Waals surface area contributed by atoms with Gasteiger partial charge in [-0.25, -0.2) is 0 Å². The fourth-order valence-electron chi connectivity index (χ4n) is 2.24. The maximum Gasteiger partial charge on any atom is 0.124 e. The molecule has 0 aromatic heterocycles. The molecule has 0 saturated carbocycles. The first kappa shape index (κ1) is 12.4. The standard InChI is InChI=1S/C15H23NO/c1-10(2)9-16-14-5-6-17-15-8-12(4)11(3)7-13(14)15/h7-8,10,14,16H,5-6,9H2,1-4H3. The third-order valence-electron chi connectivity index (χ3n) is 3.44. The topological polar surface area (TPSA) is 21.3 Å². The molecule has 0 bridgehead atoms. The molecule has 2 rings (SSSR count). The van der Waals surface area contributed by atoms with E-state index in [2.05, 4.69) is 45.1 Å². The molecule has 1 atom stereocenters. The van der Waals surface area contributed by atoms with Gasteiger partial charge in [0.15, 0.2) is 0 Å². The van der Waals surface area contributed by atoms with E-state index in [4.69, 9.17) is 4.74 Å². The van der Waals surface area contributed by atoms with Crippen LogP contribution in [-0.4, -0.2) is 13.2 Å². The summed E-state index contributed by atoms with van der Waals surface area (Å²) in [4.78, 5) is 0. The average Bonchev–Trinajstić information content (AvgIpc) is 2.28. The molecule has 0 aliphatic carbocycles. The van der Waals surface area contributed by atoms with Crippen LogP contribution in [-0.2, 0) is 0 Å². The number of hydrogen-bond acceptors (Lipinski definition) is 2. The van der Waals surface area contributed by atoms with Gasteiger partial charge in [0.05, 0.1) is 6.61 Å². The number of nitrogens with one attached hydrogen (secondary N) is 1. The number of hydrogen-bond donors (Lipinski definition) is 1. The predicted octanol–water partition coefficient (Wildman–Crippen LogP) is 3.37. The molecule has 1 aromatic rings. The summed E-state index contributed by atoms with van der Waals surface area (Å²) in [6.07, 6.45) is 1.07. The van der Waals surface area contributed by atoms with Gasteiger partial charge in [-0.05, 0) is 43.5 Å². The second-order valence-corrected chi connectivity index (χ2v) is 5.47. The van der Waals surface area contributed by atoms with E-state index in [-0.39, 0.29) is 0 Å². The maximum atomic E-state index is 5.76. The van der Waals surface area contributed by atoms with E-state index < -0.39 is 0 Å². The molecule has 0 radical (unpaired) electrons. The molecule has 1 aliphatic rings. The van der Waals surface area contributed by atoms with Gasteiger partial charge in [0.1, 0.15) is 5.75 Å². The molecule has 1 aliphatic heterocycles. The molecule has 0 saturated heterocycles. The Morgan fingerprint density at radius 2 is 2.00 bits per heavy atom. The lowest BCUT2D eigenvalue weighted by Crippen LogP contribution is -2.30. The van der Waals surface area contributed by atoms with E-state index in [1.807, 2.05) is 0 Å². The summed E-state index contributed by atoms with van der Waals surface area (Å²) in [5, 5.41) is 3.64. The van der Waals surface area contributed by atoms with Crippen LogP contribution in [0.3, 0.4) is 0 Å². The molecule has 0 spiro atoms. The minimum Gasteiger partial charge on any atom is -0.493 e. The number of fused-ring (bicyclic) bond motifs is 1. The summed E-state index contributed by atoms with van der Waals surface area (Å²) < 4.78 is 5.76. The Hall–Kier alpha value is -1.02. The fourth-order valence-corrected chi connectivity index (χ4v) is 2.24. The molecule has 1 unspecified atom stereocenters. The number of rotatable bonds is 3. The van der Waals surface area contributed by atoms with Crippen molar-refractivity contribution in [2.24, 2.45) is 5.92 Å². The van der Waals surface area contributed by atoms with Crippen molar-refractivity contribution in [1.82, 2.24) is 5.32 Å². The monoisotopic (exact) mass is 233 g/mol. The minimum atomic E-state index is 0.459. The van der Waals surface area contributed by atoms with E-state index in [0.717, 1.165) is 25.3 Å². The molecule has 1 heterocycles. The number of benzene rings is 1. The molecular weight excluding hydrogens is 210 g/mol. The highest BCUT2D eigenvalue weighted by molar-refractivity contribution is 5.44. The summed E-state index contributed by atoms with van der Waals surface area (Å²) >= 11 is 0. The molecule has 17 heavy (non-hydrogen) atoms. The molecule has 1 N–H and O–H groups in total. The Balaban J connectivity index is 2.21. The first-order valence-corrected chi connectivity index (χ1v) is 6.55. The Bertz CT molecular complexity index is 398. The summed E-state index contributed by atoms with van der Waals surface area (Å²) in [6.45, 7) is 10.7. The van der Waals surface area contributed by atoms with Crippen molar-refractivity contribution in [2.75, 3.05) is 13.2 Å². The third kappa shape index (κ3) is 2.81. The van der Waals surface area contributed by atoms with Crippen LogP contribution >= 0.6 is 0 Å². The maximum absolute atomic E-state index is 5.76. The summed E-state index contributed by atoms with van der Waals surface area (Å²) in [6, 6.07) is 4.91. The van der Waals surface area contributed by atoms with Gasteiger partial charge in [-0.1, -0.05) is 19.9 Å². The average molecular weight is 233 g/mol. The second kappa shape index (κ2) is 5.09. The zero-order valence-electron chi connectivity index (χ0n) is 11.3.